The van der Waals surface area contributed by atoms with Gasteiger partial charge in [0, 0.05) is 19.1 Å². The number of carboxylic acids is 1. The van der Waals surface area contributed by atoms with Crippen LogP contribution in [0.3, 0.4) is 0 Å². The number of carboxylic acid groups (broad SMARTS) is 1. The van der Waals surface area contributed by atoms with Crippen molar-refractivity contribution in [1.29, 1.82) is 0 Å². The second kappa shape index (κ2) is 5.35. The van der Waals surface area contributed by atoms with Gasteiger partial charge in [-0.1, -0.05) is 6.92 Å². The first kappa shape index (κ1) is 13.8. The molecule has 0 bridgehead atoms. The van der Waals surface area contributed by atoms with Gasteiger partial charge in [0.25, 0.3) is 0 Å². The van der Waals surface area contributed by atoms with Gasteiger partial charge in [0.2, 0.25) is 0 Å². The summed E-state index contributed by atoms with van der Waals surface area (Å²) in [5, 5.41) is 11.6. The predicted molar refractivity (Wildman–Crippen MR) is 63.6 cm³/mol. The molecule has 1 saturated heterocycles. The van der Waals surface area contributed by atoms with Crippen LogP contribution in [0.25, 0.3) is 0 Å². The zero-order chi connectivity index (χ0) is 13.1. The molecule has 1 aliphatic rings. The van der Waals surface area contributed by atoms with Gasteiger partial charge in [0.05, 0.1) is 0 Å². The monoisotopic (exact) mass is 243 g/mol. The van der Waals surface area contributed by atoms with Gasteiger partial charge in [0.1, 0.15) is 5.54 Å². The van der Waals surface area contributed by atoms with Gasteiger partial charge < -0.3 is 21.1 Å². The minimum Gasteiger partial charge on any atom is -0.480 e. The topological polar surface area (TPSA) is 95.7 Å². The number of hydrogen-bond donors (Lipinski definition) is 3. The molecule has 0 aliphatic carbocycles. The fourth-order valence-corrected chi connectivity index (χ4v) is 1.80. The van der Waals surface area contributed by atoms with Crippen molar-refractivity contribution in [3.63, 3.8) is 0 Å². The Hall–Kier alpha value is -1.30. The summed E-state index contributed by atoms with van der Waals surface area (Å²) in [5.74, 6) is -1.02. The summed E-state index contributed by atoms with van der Waals surface area (Å²) in [6.45, 7) is 4.37. The minimum atomic E-state index is -1.21. The molecular weight excluding hydrogens is 222 g/mol. The summed E-state index contributed by atoms with van der Waals surface area (Å²) in [6.07, 6.45) is 2.12. The fraction of sp³-hybridized carbons (Fsp3) is 0.818. The van der Waals surface area contributed by atoms with E-state index in [2.05, 4.69) is 5.32 Å². The van der Waals surface area contributed by atoms with Gasteiger partial charge in [-0.25, -0.2) is 9.59 Å². The number of piperidine rings is 1. The molecule has 0 saturated carbocycles. The van der Waals surface area contributed by atoms with E-state index in [1.54, 1.807) is 11.8 Å². The Morgan fingerprint density at radius 2 is 2.24 bits per heavy atom. The highest BCUT2D eigenvalue weighted by Gasteiger charge is 2.34. The zero-order valence-electron chi connectivity index (χ0n) is 10.4. The quantitative estimate of drug-likeness (QED) is 0.667. The van der Waals surface area contributed by atoms with E-state index < -0.39 is 11.5 Å². The van der Waals surface area contributed by atoms with E-state index in [1.165, 1.54) is 6.92 Å². The third kappa shape index (κ3) is 3.33. The van der Waals surface area contributed by atoms with Crippen molar-refractivity contribution in [2.75, 3.05) is 13.1 Å². The summed E-state index contributed by atoms with van der Waals surface area (Å²) in [6, 6.07) is -0.348. The van der Waals surface area contributed by atoms with Gasteiger partial charge in [-0.05, 0) is 26.2 Å². The highest BCUT2D eigenvalue weighted by Crippen LogP contribution is 2.13. The van der Waals surface area contributed by atoms with E-state index in [9.17, 15) is 9.59 Å². The molecule has 2 unspecified atom stereocenters. The highest BCUT2D eigenvalue weighted by molar-refractivity contribution is 5.85. The van der Waals surface area contributed by atoms with Crippen LogP contribution in [0.4, 0.5) is 4.79 Å². The van der Waals surface area contributed by atoms with Gasteiger partial charge in [-0.15, -0.1) is 0 Å². The number of urea groups is 1. The summed E-state index contributed by atoms with van der Waals surface area (Å²) in [4.78, 5) is 24.6. The van der Waals surface area contributed by atoms with Crippen molar-refractivity contribution in [3.05, 3.63) is 0 Å². The second-order valence-electron chi connectivity index (χ2n) is 4.77. The lowest BCUT2D eigenvalue weighted by molar-refractivity contribution is -0.143. The molecule has 1 fully saturated rings. The Balaban J connectivity index is 2.61. The average molecular weight is 243 g/mol. The summed E-state index contributed by atoms with van der Waals surface area (Å²) < 4.78 is 0. The molecule has 0 radical (unpaired) electrons. The lowest BCUT2D eigenvalue weighted by Crippen LogP contribution is -2.58. The molecule has 2 amide bonds. The molecule has 0 spiro atoms. The van der Waals surface area contributed by atoms with Crippen LogP contribution < -0.4 is 11.1 Å². The van der Waals surface area contributed by atoms with Crippen LogP contribution in [0.5, 0.6) is 0 Å². The van der Waals surface area contributed by atoms with Gasteiger partial charge in [-0.3, -0.25) is 0 Å². The molecule has 0 aromatic carbocycles. The van der Waals surface area contributed by atoms with Crippen molar-refractivity contribution < 1.29 is 14.7 Å². The van der Waals surface area contributed by atoms with E-state index in [0.717, 1.165) is 12.8 Å². The maximum atomic E-state index is 11.9. The molecule has 2 atom stereocenters. The average Bonchev–Trinajstić information content (AvgIpc) is 2.28. The molecule has 17 heavy (non-hydrogen) atoms. The van der Waals surface area contributed by atoms with E-state index in [-0.39, 0.29) is 12.1 Å². The number of likely N-dealkylation sites (tertiary alicyclic amines) is 1. The van der Waals surface area contributed by atoms with Crippen LogP contribution in [0.2, 0.25) is 0 Å². The Bertz CT molecular complexity index is 308. The largest absolute Gasteiger partial charge is 0.480 e. The van der Waals surface area contributed by atoms with Crippen LogP contribution in [0, 0.1) is 0 Å². The fourth-order valence-electron chi connectivity index (χ4n) is 1.80. The van der Waals surface area contributed by atoms with Crippen molar-refractivity contribution in [2.24, 2.45) is 5.73 Å². The number of carbonyl (C=O) groups excluding carboxylic acids is 1. The van der Waals surface area contributed by atoms with E-state index in [1.807, 2.05) is 0 Å². The molecule has 1 rings (SSSR count). The Morgan fingerprint density at radius 1 is 1.59 bits per heavy atom. The maximum Gasteiger partial charge on any atom is 0.329 e. The van der Waals surface area contributed by atoms with E-state index in [0.29, 0.717) is 19.5 Å². The van der Waals surface area contributed by atoms with Crippen molar-refractivity contribution >= 4 is 12.0 Å². The first-order valence-corrected chi connectivity index (χ1v) is 5.95. The predicted octanol–water partition coefficient (Wildman–Crippen LogP) is 0.372. The molecular formula is C11H21N3O3. The van der Waals surface area contributed by atoms with Gasteiger partial charge in [-0.2, -0.15) is 0 Å². The molecule has 6 nitrogen and oxygen atoms in total. The normalized spacial score (nSPS) is 23.9. The Labute approximate surface area is 101 Å². The highest BCUT2D eigenvalue weighted by atomic mass is 16.4. The van der Waals surface area contributed by atoms with Crippen molar-refractivity contribution in [1.82, 2.24) is 10.2 Å². The first-order valence-electron chi connectivity index (χ1n) is 5.95. The van der Waals surface area contributed by atoms with Crippen LogP contribution in [0.15, 0.2) is 0 Å². The molecule has 6 heteroatoms. The maximum absolute atomic E-state index is 11.9. The summed E-state index contributed by atoms with van der Waals surface area (Å²) in [5.41, 5.74) is 4.57. The van der Waals surface area contributed by atoms with E-state index in [4.69, 9.17) is 10.8 Å². The SMILES string of the molecule is CCC(C)(NC(=O)N1CCCC(N)C1)C(=O)O. The number of amides is 2. The zero-order valence-corrected chi connectivity index (χ0v) is 10.4. The molecule has 0 aromatic heterocycles. The number of nitrogens with two attached hydrogens (primary N) is 1. The molecule has 0 aromatic rings. The molecule has 98 valence electrons. The standard InChI is InChI=1S/C11H21N3O3/c1-3-11(2,9(15)16)13-10(17)14-6-4-5-8(12)7-14/h8H,3-7,12H2,1-2H3,(H,13,17)(H,15,16). The van der Waals surface area contributed by atoms with Crippen molar-refractivity contribution in [3.8, 4) is 0 Å². The smallest absolute Gasteiger partial charge is 0.329 e. The number of rotatable bonds is 3. The number of hydrogen-bond acceptors (Lipinski definition) is 3. The summed E-state index contributed by atoms with van der Waals surface area (Å²) in [7, 11) is 0. The van der Waals surface area contributed by atoms with Crippen LogP contribution >= 0.6 is 0 Å². The van der Waals surface area contributed by atoms with Crippen LogP contribution in [0.1, 0.15) is 33.1 Å². The minimum absolute atomic E-state index is 0.00721. The number of aliphatic carboxylic acids is 1. The molecule has 4 N–H and O–H groups in total. The van der Waals surface area contributed by atoms with E-state index >= 15 is 0 Å². The molecule has 1 aliphatic heterocycles. The van der Waals surface area contributed by atoms with Gasteiger partial charge in [0.15, 0.2) is 0 Å². The summed E-state index contributed by atoms with van der Waals surface area (Å²) >= 11 is 0. The third-order valence-electron chi connectivity index (χ3n) is 3.31. The number of nitrogens with one attached hydrogen (secondary N) is 1. The molecule has 1 heterocycles. The lowest BCUT2D eigenvalue weighted by Gasteiger charge is -2.34. The Kier molecular flexibility index (Phi) is 4.34. The van der Waals surface area contributed by atoms with Crippen LogP contribution in [-0.4, -0.2) is 46.7 Å². The lowest BCUT2D eigenvalue weighted by atomic mass is 9.99. The number of carbonyl (C=O) groups is 2. The van der Waals surface area contributed by atoms with Crippen molar-refractivity contribution in [2.45, 2.75) is 44.7 Å². The van der Waals surface area contributed by atoms with Crippen LogP contribution in [-0.2, 0) is 4.79 Å². The first-order chi connectivity index (χ1) is 7.89. The number of nitrogens with zero attached hydrogens (tertiary/aromatic N) is 1. The second-order valence-corrected chi connectivity index (χ2v) is 4.77. The third-order valence-corrected chi connectivity index (χ3v) is 3.31. The Morgan fingerprint density at radius 3 is 2.71 bits per heavy atom. The van der Waals surface area contributed by atoms with Gasteiger partial charge >= 0.3 is 12.0 Å².